The standard InChI is InChI=1S/C16H13BrN2O2/c1-21-11-6-7-12(17)14(9-11)19-16(20)15-8-10-4-2-3-5-13(10)18-15/h2-9,18H,1H3,(H,19,20). The SMILES string of the molecule is COc1ccc(Br)c(NC(=O)c2cc3ccccc3[nH]2)c1. The van der Waals surface area contributed by atoms with Gasteiger partial charge in [0.25, 0.3) is 5.91 Å². The van der Waals surface area contributed by atoms with Crippen LogP contribution >= 0.6 is 15.9 Å². The summed E-state index contributed by atoms with van der Waals surface area (Å²) < 4.78 is 5.96. The molecule has 2 N–H and O–H groups in total. The number of amides is 1. The summed E-state index contributed by atoms with van der Waals surface area (Å²) in [5, 5.41) is 3.87. The van der Waals surface area contributed by atoms with Crippen LogP contribution in [0.2, 0.25) is 0 Å². The lowest BCUT2D eigenvalue weighted by Gasteiger charge is -2.08. The van der Waals surface area contributed by atoms with Crippen LogP contribution in [0.5, 0.6) is 5.75 Å². The Morgan fingerprint density at radius 3 is 2.76 bits per heavy atom. The van der Waals surface area contributed by atoms with Crippen LogP contribution in [0.25, 0.3) is 10.9 Å². The number of aromatic amines is 1. The molecule has 0 saturated heterocycles. The maximum Gasteiger partial charge on any atom is 0.272 e. The first-order valence-electron chi connectivity index (χ1n) is 6.40. The van der Waals surface area contributed by atoms with Crippen LogP contribution in [0, 0.1) is 0 Å². The minimum absolute atomic E-state index is 0.194. The van der Waals surface area contributed by atoms with Gasteiger partial charge >= 0.3 is 0 Å². The van der Waals surface area contributed by atoms with Gasteiger partial charge in [0.15, 0.2) is 0 Å². The Morgan fingerprint density at radius 2 is 2.00 bits per heavy atom. The first-order valence-corrected chi connectivity index (χ1v) is 7.19. The number of carbonyl (C=O) groups excluding carboxylic acids is 1. The van der Waals surface area contributed by atoms with Crippen molar-refractivity contribution in [1.29, 1.82) is 0 Å². The molecule has 2 aromatic carbocycles. The Labute approximate surface area is 130 Å². The number of fused-ring (bicyclic) bond motifs is 1. The molecular weight excluding hydrogens is 332 g/mol. The van der Waals surface area contributed by atoms with Crippen molar-refractivity contribution in [3.8, 4) is 5.75 Å². The number of hydrogen-bond donors (Lipinski definition) is 2. The first kappa shape index (κ1) is 13.7. The molecular formula is C16H13BrN2O2. The predicted molar refractivity (Wildman–Crippen MR) is 86.9 cm³/mol. The number of para-hydroxylation sites is 1. The highest BCUT2D eigenvalue weighted by Gasteiger charge is 2.11. The number of ether oxygens (including phenoxy) is 1. The Balaban J connectivity index is 1.89. The molecule has 21 heavy (non-hydrogen) atoms. The van der Waals surface area contributed by atoms with Crippen LogP contribution in [0.1, 0.15) is 10.5 Å². The second-order valence-electron chi connectivity index (χ2n) is 4.57. The van der Waals surface area contributed by atoms with Crippen molar-refractivity contribution in [3.63, 3.8) is 0 Å². The van der Waals surface area contributed by atoms with Gasteiger partial charge in [-0.25, -0.2) is 0 Å². The molecule has 0 spiro atoms. The number of aromatic nitrogens is 1. The maximum absolute atomic E-state index is 12.3. The van der Waals surface area contributed by atoms with E-state index in [0.29, 0.717) is 17.1 Å². The summed E-state index contributed by atoms with van der Waals surface area (Å²) in [5.74, 6) is 0.491. The highest BCUT2D eigenvalue weighted by atomic mass is 79.9. The molecule has 1 amide bonds. The molecule has 0 bridgehead atoms. The van der Waals surface area contributed by atoms with Gasteiger partial charge in [0.1, 0.15) is 11.4 Å². The number of H-pyrrole nitrogens is 1. The van der Waals surface area contributed by atoms with Gasteiger partial charge in [-0.2, -0.15) is 0 Å². The molecule has 0 saturated carbocycles. The van der Waals surface area contributed by atoms with Crippen LogP contribution in [-0.4, -0.2) is 18.0 Å². The zero-order valence-electron chi connectivity index (χ0n) is 11.3. The van der Waals surface area contributed by atoms with Crippen LogP contribution in [0.4, 0.5) is 5.69 Å². The normalized spacial score (nSPS) is 10.6. The topological polar surface area (TPSA) is 54.1 Å². The number of halogens is 1. The molecule has 0 atom stereocenters. The van der Waals surface area contributed by atoms with Gasteiger partial charge in [-0.1, -0.05) is 18.2 Å². The van der Waals surface area contributed by atoms with Crippen molar-refractivity contribution < 1.29 is 9.53 Å². The fraction of sp³-hybridized carbons (Fsp3) is 0.0625. The molecule has 0 radical (unpaired) electrons. The third-order valence-corrected chi connectivity index (χ3v) is 3.89. The number of benzene rings is 2. The second kappa shape index (κ2) is 5.61. The van der Waals surface area contributed by atoms with Crippen LogP contribution < -0.4 is 10.1 Å². The van der Waals surface area contributed by atoms with Gasteiger partial charge in [0.05, 0.1) is 12.8 Å². The smallest absolute Gasteiger partial charge is 0.272 e. The summed E-state index contributed by atoms with van der Waals surface area (Å²) in [6, 6.07) is 15.0. The van der Waals surface area contributed by atoms with E-state index in [4.69, 9.17) is 4.74 Å². The van der Waals surface area contributed by atoms with Crippen molar-refractivity contribution in [3.05, 3.63) is 58.7 Å². The van der Waals surface area contributed by atoms with Gasteiger partial charge in [-0.15, -0.1) is 0 Å². The quantitative estimate of drug-likeness (QED) is 0.748. The Kier molecular flexibility index (Phi) is 3.66. The van der Waals surface area contributed by atoms with Crippen molar-refractivity contribution >= 4 is 38.4 Å². The van der Waals surface area contributed by atoms with Gasteiger partial charge in [-0.05, 0) is 40.2 Å². The molecule has 0 aliphatic heterocycles. The van der Waals surface area contributed by atoms with Crippen molar-refractivity contribution in [1.82, 2.24) is 4.98 Å². The fourth-order valence-corrected chi connectivity index (χ4v) is 2.46. The second-order valence-corrected chi connectivity index (χ2v) is 5.42. The Hall–Kier alpha value is -2.27. The molecule has 106 valence electrons. The van der Waals surface area contributed by atoms with Gasteiger partial charge in [0, 0.05) is 21.4 Å². The summed E-state index contributed by atoms with van der Waals surface area (Å²) in [7, 11) is 1.59. The van der Waals surface area contributed by atoms with Crippen LogP contribution in [0.15, 0.2) is 53.0 Å². The van der Waals surface area contributed by atoms with E-state index in [1.54, 1.807) is 13.2 Å². The summed E-state index contributed by atoms with van der Waals surface area (Å²) >= 11 is 3.41. The Bertz CT molecular complexity index is 778. The molecule has 3 rings (SSSR count). The molecule has 5 heteroatoms. The molecule has 3 aromatic rings. The molecule has 1 aromatic heterocycles. The highest BCUT2D eigenvalue weighted by Crippen LogP contribution is 2.27. The average molecular weight is 345 g/mol. The van der Waals surface area contributed by atoms with E-state index in [1.165, 1.54) is 0 Å². The van der Waals surface area contributed by atoms with Gasteiger partial charge in [-0.3, -0.25) is 4.79 Å². The number of methoxy groups -OCH3 is 1. The summed E-state index contributed by atoms with van der Waals surface area (Å²) in [4.78, 5) is 15.4. The van der Waals surface area contributed by atoms with E-state index in [2.05, 4.69) is 26.2 Å². The third kappa shape index (κ3) is 2.78. The fourth-order valence-electron chi connectivity index (χ4n) is 2.11. The van der Waals surface area contributed by atoms with E-state index in [-0.39, 0.29) is 5.91 Å². The largest absolute Gasteiger partial charge is 0.497 e. The summed E-state index contributed by atoms with van der Waals surface area (Å²) in [6.45, 7) is 0. The molecule has 4 nitrogen and oxygen atoms in total. The van der Waals surface area contributed by atoms with E-state index >= 15 is 0 Å². The third-order valence-electron chi connectivity index (χ3n) is 3.20. The Morgan fingerprint density at radius 1 is 1.19 bits per heavy atom. The molecule has 0 aliphatic carbocycles. The van der Waals surface area contributed by atoms with Crippen molar-refractivity contribution in [2.24, 2.45) is 0 Å². The lowest BCUT2D eigenvalue weighted by atomic mass is 10.2. The molecule has 0 aliphatic rings. The van der Waals surface area contributed by atoms with Crippen molar-refractivity contribution in [2.45, 2.75) is 0 Å². The average Bonchev–Trinajstić information content (AvgIpc) is 2.93. The van der Waals surface area contributed by atoms with Gasteiger partial charge in [0.2, 0.25) is 0 Å². The number of hydrogen-bond acceptors (Lipinski definition) is 2. The maximum atomic E-state index is 12.3. The lowest BCUT2D eigenvalue weighted by molar-refractivity contribution is 0.102. The minimum atomic E-state index is -0.194. The van der Waals surface area contributed by atoms with Crippen molar-refractivity contribution in [2.75, 3.05) is 12.4 Å². The summed E-state index contributed by atoms with van der Waals surface area (Å²) in [5.41, 5.74) is 2.12. The highest BCUT2D eigenvalue weighted by molar-refractivity contribution is 9.10. The van der Waals surface area contributed by atoms with Crippen LogP contribution in [0.3, 0.4) is 0 Å². The number of rotatable bonds is 3. The van der Waals surface area contributed by atoms with E-state index in [0.717, 1.165) is 15.4 Å². The molecule has 0 unspecified atom stereocenters. The zero-order chi connectivity index (χ0) is 14.8. The summed E-state index contributed by atoms with van der Waals surface area (Å²) in [6.07, 6.45) is 0. The van der Waals surface area contributed by atoms with E-state index in [1.807, 2.05) is 42.5 Å². The van der Waals surface area contributed by atoms with E-state index in [9.17, 15) is 4.79 Å². The van der Waals surface area contributed by atoms with Crippen LogP contribution in [-0.2, 0) is 0 Å². The first-order chi connectivity index (χ1) is 10.2. The number of nitrogens with one attached hydrogen (secondary N) is 2. The predicted octanol–water partition coefficient (Wildman–Crippen LogP) is 4.19. The zero-order valence-corrected chi connectivity index (χ0v) is 12.9. The molecule has 0 fully saturated rings. The molecule has 1 heterocycles. The number of anilines is 1. The minimum Gasteiger partial charge on any atom is -0.497 e. The lowest BCUT2D eigenvalue weighted by Crippen LogP contribution is -2.12. The van der Waals surface area contributed by atoms with E-state index < -0.39 is 0 Å². The number of carbonyl (C=O) groups is 1. The van der Waals surface area contributed by atoms with Gasteiger partial charge < -0.3 is 15.0 Å². The monoisotopic (exact) mass is 344 g/mol.